The van der Waals surface area contributed by atoms with Crippen LogP contribution in [0.15, 0.2) is 60.7 Å². The predicted octanol–water partition coefficient (Wildman–Crippen LogP) is 4.70. The number of rotatable bonds is 6. The average Bonchev–Trinajstić information content (AvgIpc) is 2.68. The monoisotopic (exact) mass is 388 g/mol. The van der Waals surface area contributed by atoms with E-state index in [9.17, 15) is 18.3 Å². The molecule has 8 heteroatoms. The average molecular weight is 388 g/mol. The second kappa shape index (κ2) is 8.26. The lowest BCUT2D eigenvalue weighted by Gasteiger charge is -2.14. The van der Waals surface area contributed by atoms with Gasteiger partial charge in [0.15, 0.2) is 0 Å². The predicted molar refractivity (Wildman–Crippen MR) is 102 cm³/mol. The number of anilines is 3. The first-order valence-corrected chi connectivity index (χ1v) is 8.61. The van der Waals surface area contributed by atoms with Gasteiger partial charge in [0, 0.05) is 23.4 Å². The van der Waals surface area contributed by atoms with Crippen molar-refractivity contribution in [2.45, 2.75) is 19.1 Å². The summed E-state index contributed by atoms with van der Waals surface area (Å²) in [5.41, 5.74) is 1.24. The fourth-order valence-electron chi connectivity index (χ4n) is 2.49. The lowest BCUT2D eigenvalue weighted by Crippen LogP contribution is -2.21. The number of alkyl halides is 3. The number of nitrogens with zero attached hydrogens (tertiary/aromatic N) is 2. The second-order valence-electron chi connectivity index (χ2n) is 6.26. The summed E-state index contributed by atoms with van der Waals surface area (Å²) >= 11 is 0. The van der Waals surface area contributed by atoms with Gasteiger partial charge < -0.3 is 15.7 Å². The number of aliphatic hydroxyl groups is 1. The van der Waals surface area contributed by atoms with Crippen LogP contribution < -0.4 is 10.6 Å². The Bertz CT molecular complexity index is 915. The highest BCUT2D eigenvalue weighted by Crippen LogP contribution is 2.30. The van der Waals surface area contributed by atoms with E-state index >= 15 is 0 Å². The summed E-state index contributed by atoms with van der Waals surface area (Å²) in [5.74, 6) is 0.721. The van der Waals surface area contributed by atoms with E-state index in [0.29, 0.717) is 23.1 Å². The highest BCUT2D eigenvalue weighted by atomic mass is 19.4. The third kappa shape index (κ3) is 4.98. The number of hydrogen-bond acceptors (Lipinski definition) is 5. The van der Waals surface area contributed by atoms with Gasteiger partial charge in [-0.2, -0.15) is 18.2 Å². The van der Waals surface area contributed by atoms with Crippen molar-refractivity contribution in [2.75, 3.05) is 17.2 Å². The maximum absolute atomic E-state index is 12.7. The second-order valence-corrected chi connectivity index (χ2v) is 6.26. The first-order valence-electron chi connectivity index (χ1n) is 8.61. The Balaban J connectivity index is 1.91. The Morgan fingerprint density at radius 1 is 1.00 bits per heavy atom. The molecule has 0 aliphatic carbocycles. The largest absolute Gasteiger partial charge is 0.416 e. The first kappa shape index (κ1) is 19.6. The van der Waals surface area contributed by atoms with E-state index in [-0.39, 0.29) is 12.6 Å². The molecule has 0 spiro atoms. The number of aromatic nitrogens is 2. The maximum Gasteiger partial charge on any atom is 0.416 e. The molecule has 3 rings (SSSR count). The van der Waals surface area contributed by atoms with E-state index in [2.05, 4.69) is 20.6 Å². The molecule has 2 aromatic carbocycles. The molecule has 0 saturated carbocycles. The van der Waals surface area contributed by atoms with Crippen molar-refractivity contribution in [3.8, 4) is 11.3 Å². The minimum atomic E-state index is -4.38. The van der Waals surface area contributed by atoms with Crippen LogP contribution in [0, 0.1) is 0 Å². The van der Waals surface area contributed by atoms with Crippen molar-refractivity contribution in [1.82, 2.24) is 9.97 Å². The van der Waals surface area contributed by atoms with Crippen LogP contribution in [0.5, 0.6) is 0 Å². The summed E-state index contributed by atoms with van der Waals surface area (Å²) in [6.45, 7) is 1.68. The minimum absolute atomic E-state index is 0.0966. The van der Waals surface area contributed by atoms with Crippen molar-refractivity contribution in [1.29, 1.82) is 0 Å². The Morgan fingerprint density at radius 3 is 2.29 bits per heavy atom. The topological polar surface area (TPSA) is 70.1 Å². The molecule has 146 valence electrons. The van der Waals surface area contributed by atoms with Crippen molar-refractivity contribution >= 4 is 17.5 Å². The molecule has 0 aliphatic rings. The van der Waals surface area contributed by atoms with Gasteiger partial charge in [0.25, 0.3) is 0 Å². The van der Waals surface area contributed by atoms with Gasteiger partial charge in [-0.25, -0.2) is 4.98 Å². The Hall–Kier alpha value is -3.13. The van der Waals surface area contributed by atoms with Crippen LogP contribution >= 0.6 is 0 Å². The van der Waals surface area contributed by atoms with Gasteiger partial charge in [-0.3, -0.25) is 0 Å². The van der Waals surface area contributed by atoms with Crippen LogP contribution in [0.4, 0.5) is 30.6 Å². The molecule has 0 unspecified atom stereocenters. The number of halogens is 3. The smallest absolute Gasteiger partial charge is 0.394 e. The van der Waals surface area contributed by atoms with Crippen molar-refractivity contribution in [3.05, 3.63) is 66.2 Å². The van der Waals surface area contributed by atoms with E-state index < -0.39 is 11.7 Å². The van der Waals surface area contributed by atoms with Gasteiger partial charge in [0.2, 0.25) is 5.95 Å². The molecule has 1 heterocycles. The molecule has 3 aromatic rings. The molecule has 1 aromatic heterocycles. The SMILES string of the molecule is C[C@@H](CO)Nc1nc(Nc2ccc(C(F)(F)F)cc2)cc(-c2ccccc2)n1. The normalized spacial score (nSPS) is 12.5. The first-order chi connectivity index (χ1) is 13.3. The Morgan fingerprint density at radius 2 is 1.68 bits per heavy atom. The molecule has 3 N–H and O–H groups in total. The van der Waals surface area contributed by atoms with Gasteiger partial charge in [-0.15, -0.1) is 0 Å². The highest BCUT2D eigenvalue weighted by molar-refractivity contribution is 5.67. The molecule has 0 amide bonds. The number of nitrogens with one attached hydrogen (secondary N) is 2. The minimum Gasteiger partial charge on any atom is -0.394 e. The van der Waals surface area contributed by atoms with E-state index in [1.165, 1.54) is 12.1 Å². The summed E-state index contributed by atoms with van der Waals surface area (Å²) in [7, 11) is 0. The molecule has 0 fully saturated rings. The summed E-state index contributed by atoms with van der Waals surface area (Å²) in [5, 5.41) is 15.3. The van der Waals surface area contributed by atoms with Crippen molar-refractivity contribution in [3.63, 3.8) is 0 Å². The fraction of sp³-hybridized carbons (Fsp3) is 0.200. The zero-order valence-corrected chi connectivity index (χ0v) is 15.0. The molecule has 1 atom stereocenters. The van der Waals surface area contributed by atoms with Crippen molar-refractivity contribution in [2.24, 2.45) is 0 Å². The van der Waals surface area contributed by atoms with Crippen LogP contribution in [-0.2, 0) is 6.18 Å². The number of benzene rings is 2. The van der Waals surface area contributed by atoms with E-state index in [1.807, 2.05) is 30.3 Å². The van der Waals surface area contributed by atoms with Crippen LogP contribution in [0.25, 0.3) is 11.3 Å². The lowest BCUT2D eigenvalue weighted by molar-refractivity contribution is -0.137. The fourth-order valence-corrected chi connectivity index (χ4v) is 2.49. The van der Waals surface area contributed by atoms with Crippen molar-refractivity contribution < 1.29 is 18.3 Å². The molecule has 0 aliphatic heterocycles. The van der Waals surface area contributed by atoms with E-state index in [0.717, 1.165) is 17.7 Å². The molecular weight excluding hydrogens is 369 g/mol. The van der Waals surface area contributed by atoms with Gasteiger partial charge in [-0.05, 0) is 31.2 Å². The van der Waals surface area contributed by atoms with Gasteiger partial charge in [0.05, 0.1) is 17.9 Å². The summed E-state index contributed by atoms with van der Waals surface area (Å²) in [6, 6.07) is 15.6. The van der Waals surface area contributed by atoms with Gasteiger partial charge in [-0.1, -0.05) is 30.3 Å². The molecule has 0 bridgehead atoms. The van der Waals surface area contributed by atoms with Gasteiger partial charge >= 0.3 is 6.18 Å². The third-order valence-corrected chi connectivity index (χ3v) is 3.93. The zero-order chi connectivity index (χ0) is 20.1. The summed E-state index contributed by atoms with van der Waals surface area (Å²) in [4.78, 5) is 8.80. The highest BCUT2D eigenvalue weighted by Gasteiger charge is 2.29. The number of aliphatic hydroxyl groups excluding tert-OH is 1. The van der Waals surface area contributed by atoms with Gasteiger partial charge in [0.1, 0.15) is 5.82 Å². The van der Waals surface area contributed by atoms with Crippen LogP contribution in [0.1, 0.15) is 12.5 Å². The van der Waals surface area contributed by atoms with Crippen LogP contribution in [0.2, 0.25) is 0 Å². The molecule has 5 nitrogen and oxygen atoms in total. The zero-order valence-electron chi connectivity index (χ0n) is 15.0. The van der Waals surface area contributed by atoms with Crippen LogP contribution in [0.3, 0.4) is 0 Å². The number of hydrogen-bond donors (Lipinski definition) is 3. The molecule has 28 heavy (non-hydrogen) atoms. The van der Waals surface area contributed by atoms with E-state index in [4.69, 9.17) is 0 Å². The maximum atomic E-state index is 12.7. The Labute approximate surface area is 160 Å². The summed E-state index contributed by atoms with van der Waals surface area (Å²) < 4.78 is 38.2. The standard InChI is InChI=1S/C20H19F3N4O/c1-13(12-28)24-19-26-17(14-5-3-2-4-6-14)11-18(27-19)25-16-9-7-15(8-10-16)20(21,22)23/h2-11,13,28H,12H2,1H3,(H2,24,25,26,27)/t13-/m0/s1. The quantitative estimate of drug-likeness (QED) is 0.571. The molecular formula is C20H19F3N4O. The van der Waals surface area contributed by atoms with E-state index in [1.54, 1.807) is 13.0 Å². The third-order valence-electron chi connectivity index (χ3n) is 3.93. The Kier molecular flexibility index (Phi) is 5.79. The molecule has 0 radical (unpaired) electrons. The molecule has 0 saturated heterocycles. The lowest BCUT2D eigenvalue weighted by atomic mass is 10.1. The summed E-state index contributed by atoms with van der Waals surface area (Å²) in [6.07, 6.45) is -4.38. The van der Waals surface area contributed by atoms with Crippen LogP contribution in [-0.4, -0.2) is 27.7 Å².